The Morgan fingerprint density at radius 2 is 2.00 bits per heavy atom. The SMILES string of the molecule is O=Cc1ccc(Sc2ncccn2)c(F)c1. The number of aldehydes is 1. The van der Waals surface area contributed by atoms with Gasteiger partial charge in [-0.3, -0.25) is 4.79 Å². The van der Waals surface area contributed by atoms with E-state index >= 15 is 0 Å². The van der Waals surface area contributed by atoms with Gasteiger partial charge in [-0.15, -0.1) is 0 Å². The van der Waals surface area contributed by atoms with Gasteiger partial charge in [0, 0.05) is 18.0 Å². The van der Waals surface area contributed by atoms with Crippen molar-refractivity contribution < 1.29 is 9.18 Å². The summed E-state index contributed by atoms with van der Waals surface area (Å²) in [7, 11) is 0. The Morgan fingerprint density at radius 1 is 1.25 bits per heavy atom. The number of benzene rings is 1. The molecule has 0 radical (unpaired) electrons. The molecule has 0 saturated heterocycles. The summed E-state index contributed by atoms with van der Waals surface area (Å²) in [6.07, 6.45) is 3.79. The van der Waals surface area contributed by atoms with Crippen molar-refractivity contribution in [3.05, 3.63) is 48.0 Å². The predicted octanol–water partition coefficient (Wildman–Crippen LogP) is 2.58. The Labute approximate surface area is 95.7 Å². The molecule has 0 spiro atoms. The van der Waals surface area contributed by atoms with Crippen LogP contribution in [0.5, 0.6) is 0 Å². The van der Waals surface area contributed by atoms with Crippen molar-refractivity contribution in [1.29, 1.82) is 0 Å². The van der Waals surface area contributed by atoms with Gasteiger partial charge in [-0.25, -0.2) is 14.4 Å². The number of halogens is 1. The van der Waals surface area contributed by atoms with E-state index in [1.54, 1.807) is 30.6 Å². The molecule has 5 heteroatoms. The maximum absolute atomic E-state index is 13.5. The fourth-order valence-corrected chi connectivity index (χ4v) is 1.83. The lowest BCUT2D eigenvalue weighted by Gasteiger charge is -2.01. The summed E-state index contributed by atoms with van der Waals surface area (Å²) < 4.78 is 13.5. The quantitative estimate of drug-likeness (QED) is 0.604. The molecule has 0 atom stereocenters. The zero-order valence-corrected chi connectivity index (χ0v) is 8.95. The summed E-state index contributed by atoms with van der Waals surface area (Å²) in [6, 6.07) is 5.98. The second-order valence-electron chi connectivity index (χ2n) is 2.94. The van der Waals surface area contributed by atoms with Crippen LogP contribution < -0.4 is 0 Å². The number of nitrogens with zero attached hydrogens (tertiary/aromatic N) is 2. The zero-order valence-electron chi connectivity index (χ0n) is 8.13. The Hall–Kier alpha value is -1.75. The van der Waals surface area contributed by atoms with Crippen molar-refractivity contribution in [2.24, 2.45) is 0 Å². The van der Waals surface area contributed by atoms with Gasteiger partial charge in [-0.05, 0) is 30.0 Å². The van der Waals surface area contributed by atoms with Gasteiger partial charge >= 0.3 is 0 Å². The number of carbonyl (C=O) groups excluding carboxylic acids is 1. The van der Waals surface area contributed by atoms with Crippen LogP contribution in [0.15, 0.2) is 46.7 Å². The molecule has 2 aromatic rings. The summed E-state index contributed by atoms with van der Waals surface area (Å²) in [4.78, 5) is 18.8. The summed E-state index contributed by atoms with van der Waals surface area (Å²) in [5, 5.41) is 0.472. The molecule has 0 N–H and O–H groups in total. The summed E-state index contributed by atoms with van der Waals surface area (Å²) in [5.41, 5.74) is 0.316. The van der Waals surface area contributed by atoms with Crippen molar-refractivity contribution in [3.8, 4) is 0 Å². The van der Waals surface area contributed by atoms with Crippen molar-refractivity contribution in [3.63, 3.8) is 0 Å². The van der Waals surface area contributed by atoms with Gasteiger partial charge in [-0.1, -0.05) is 6.07 Å². The molecule has 2 rings (SSSR count). The minimum atomic E-state index is -0.443. The number of carbonyl (C=O) groups is 1. The maximum Gasteiger partial charge on any atom is 0.192 e. The molecule has 0 aliphatic heterocycles. The number of hydrogen-bond donors (Lipinski definition) is 0. The monoisotopic (exact) mass is 234 g/mol. The van der Waals surface area contributed by atoms with E-state index in [-0.39, 0.29) is 0 Å². The minimum Gasteiger partial charge on any atom is -0.298 e. The van der Waals surface area contributed by atoms with Gasteiger partial charge in [0.1, 0.15) is 12.1 Å². The molecule has 0 saturated carbocycles. The molecule has 0 bridgehead atoms. The van der Waals surface area contributed by atoms with Crippen LogP contribution in [0.3, 0.4) is 0 Å². The Balaban J connectivity index is 2.25. The van der Waals surface area contributed by atoms with Crippen LogP contribution in [-0.2, 0) is 0 Å². The molecule has 80 valence electrons. The largest absolute Gasteiger partial charge is 0.298 e. The highest BCUT2D eigenvalue weighted by Crippen LogP contribution is 2.26. The zero-order chi connectivity index (χ0) is 11.4. The molecule has 0 aliphatic rings. The Morgan fingerprint density at radius 3 is 2.62 bits per heavy atom. The summed E-state index contributed by atoms with van der Waals surface area (Å²) in [6.45, 7) is 0. The van der Waals surface area contributed by atoms with Crippen LogP contribution in [-0.4, -0.2) is 16.3 Å². The highest BCUT2D eigenvalue weighted by atomic mass is 32.2. The predicted molar refractivity (Wildman–Crippen MR) is 57.9 cm³/mol. The van der Waals surface area contributed by atoms with E-state index in [0.717, 1.165) is 11.8 Å². The van der Waals surface area contributed by atoms with Gasteiger partial charge in [0.25, 0.3) is 0 Å². The first-order chi connectivity index (χ1) is 7.79. The number of rotatable bonds is 3. The highest BCUT2D eigenvalue weighted by molar-refractivity contribution is 7.99. The van der Waals surface area contributed by atoms with Crippen LogP contribution >= 0.6 is 11.8 Å². The number of aromatic nitrogens is 2. The van der Waals surface area contributed by atoms with Crippen molar-refractivity contribution in [2.45, 2.75) is 10.1 Å². The lowest BCUT2D eigenvalue weighted by atomic mass is 10.2. The second kappa shape index (κ2) is 4.85. The molecule has 1 aromatic carbocycles. The van der Waals surface area contributed by atoms with E-state index in [0.29, 0.717) is 21.9 Å². The molecule has 16 heavy (non-hydrogen) atoms. The topological polar surface area (TPSA) is 42.9 Å². The van der Waals surface area contributed by atoms with Crippen molar-refractivity contribution in [1.82, 2.24) is 9.97 Å². The van der Waals surface area contributed by atoms with E-state index in [4.69, 9.17) is 0 Å². The Bertz CT molecular complexity index is 505. The van der Waals surface area contributed by atoms with Crippen molar-refractivity contribution in [2.75, 3.05) is 0 Å². The summed E-state index contributed by atoms with van der Waals surface area (Å²) >= 11 is 1.12. The van der Waals surface area contributed by atoms with Gasteiger partial charge < -0.3 is 0 Å². The lowest BCUT2D eigenvalue weighted by molar-refractivity contribution is 0.112. The first-order valence-electron chi connectivity index (χ1n) is 4.49. The molecule has 0 unspecified atom stereocenters. The van der Waals surface area contributed by atoms with Crippen LogP contribution in [0.1, 0.15) is 10.4 Å². The molecule has 0 fully saturated rings. The lowest BCUT2D eigenvalue weighted by Crippen LogP contribution is -1.88. The van der Waals surface area contributed by atoms with Crippen LogP contribution in [0.2, 0.25) is 0 Å². The third-order valence-corrected chi connectivity index (χ3v) is 2.78. The third-order valence-electron chi connectivity index (χ3n) is 1.84. The normalized spacial score (nSPS) is 10.1. The van der Waals surface area contributed by atoms with Crippen LogP contribution in [0.25, 0.3) is 0 Å². The number of hydrogen-bond acceptors (Lipinski definition) is 4. The molecular formula is C11H7FN2OS. The minimum absolute atomic E-state index is 0.316. The molecule has 0 amide bonds. The van der Waals surface area contributed by atoms with E-state index in [9.17, 15) is 9.18 Å². The molecule has 0 aliphatic carbocycles. The van der Waals surface area contributed by atoms with Crippen molar-refractivity contribution >= 4 is 18.0 Å². The smallest absolute Gasteiger partial charge is 0.192 e. The van der Waals surface area contributed by atoms with Crippen LogP contribution in [0.4, 0.5) is 4.39 Å². The van der Waals surface area contributed by atoms with Crippen LogP contribution in [0, 0.1) is 5.82 Å². The standard InChI is InChI=1S/C11H7FN2OS/c12-9-6-8(7-15)2-3-10(9)16-11-13-4-1-5-14-11/h1-7H. The first-order valence-corrected chi connectivity index (χ1v) is 5.31. The fraction of sp³-hybridized carbons (Fsp3) is 0. The van der Waals surface area contributed by atoms with Gasteiger partial charge in [-0.2, -0.15) is 0 Å². The average Bonchev–Trinajstić information content (AvgIpc) is 2.33. The molecular weight excluding hydrogens is 227 g/mol. The molecule has 1 aromatic heterocycles. The van der Waals surface area contributed by atoms with E-state index in [1.165, 1.54) is 6.07 Å². The van der Waals surface area contributed by atoms with Gasteiger partial charge in [0.2, 0.25) is 0 Å². The van der Waals surface area contributed by atoms with Gasteiger partial charge in [0.15, 0.2) is 5.16 Å². The maximum atomic E-state index is 13.5. The van der Waals surface area contributed by atoms with E-state index in [2.05, 4.69) is 9.97 Å². The third kappa shape index (κ3) is 2.43. The van der Waals surface area contributed by atoms with Gasteiger partial charge in [0.05, 0.1) is 4.90 Å². The molecule has 3 nitrogen and oxygen atoms in total. The first kappa shape index (κ1) is 10.8. The van der Waals surface area contributed by atoms with E-state index < -0.39 is 5.82 Å². The summed E-state index contributed by atoms with van der Waals surface area (Å²) in [5.74, 6) is -0.443. The second-order valence-corrected chi connectivity index (χ2v) is 3.95. The highest BCUT2D eigenvalue weighted by Gasteiger charge is 2.06. The average molecular weight is 234 g/mol. The van der Waals surface area contributed by atoms with E-state index in [1.807, 2.05) is 0 Å². The fourth-order valence-electron chi connectivity index (χ4n) is 1.11. The molecule has 1 heterocycles. The Kier molecular flexibility index (Phi) is 3.26.